The van der Waals surface area contributed by atoms with Crippen LogP contribution >= 0.6 is 11.3 Å². The SMILES string of the molecule is N=C(NCc1ccccc1)Nc1nc(-c2cc3ccccc3[nH]2)cs1. The molecule has 4 N–H and O–H groups in total. The fraction of sp³-hybridized carbons (Fsp3) is 0.0526. The van der Waals surface area contributed by atoms with E-state index >= 15 is 0 Å². The van der Waals surface area contributed by atoms with Gasteiger partial charge in [0.1, 0.15) is 0 Å². The standard InChI is InChI=1S/C19H17N5S/c20-18(21-11-13-6-2-1-3-7-13)24-19-23-17(12-25-19)16-10-14-8-4-5-9-15(14)22-16/h1-10,12,22H,11H2,(H3,20,21,23,24). The third kappa shape index (κ3) is 3.54. The summed E-state index contributed by atoms with van der Waals surface area (Å²) in [7, 11) is 0. The molecule has 0 fully saturated rings. The van der Waals surface area contributed by atoms with E-state index in [4.69, 9.17) is 5.41 Å². The fourth-order valence-electron chi connectivity index (χ4n) is 2.60. The molecule has 4 rings (SSSR count). The van der Waals surface area contributed by atoms with Crippen LogP contribution in [0.1, 0.15) is 5.56 Å². The zero-order valence-electron chi connectivity index (χ0n) is 13.4. The summed E-state index contributed by atoms with van der Waals surface area (Å²) in [4.78, 5) is 7.94. The lowest BCUT2D eigenvalue weighted by atomic mass is 10.2. The zero-order valence-corrected chi connectivity index (χ0v) is 14.2. The second kappa shape index (κ2) is 6.78. The van der Waals surface area contributed by atoms with Crippen LogP contribution in [0.15, 0.2) is 66.0 Å². The fourth-order valence-corrected chi connectivity index (χ4v) is 3.32. The molecule has 0 saturated carbocycles. The molecule has 0 atom stereocenters. The lowest BCUT2D eigenvalue weighted by Gasteiger charge is -2.08. The van der Waals surface area contributed by atoms with Crippen molar-refractivity contribution in [2.75, 3.05) is 5.32 Å². The van der Waals surface area contributed by atoms with E-state index in [0.717, 1.165) is 27.9 Å². The number of benzene rings is 2. The summed E-state index contributed by atoms with van der Waals surface area (Å²) < 4.78 is 0. The van der Waals surface area contributed by atoms with E-state index in [1.54, 1.807) is 0 Å². The van der Waals surface area contributed by atoms with Crippen LogP contribution in [0.4, 0.5) is 5.13 Å². The molecule has 0 unspecified atom stereocenters. The highest BCUT2D eigenvalue weighted by Gasteiger charge is 2.08. The van der Waals surface area contributed by atoms with Gasteiger partial charge in [-0.15, -0.1) is 11.3 Å². The van der Waals surface area contributed by atoms with Gasteiger partial charge in [-0.25, -0.2) is 4.98 Å². The van der Waals surface area contributed by atoms with Crippen molar-refractivity contribution in [2.45, 2.75) is 6.54 Å². The highest BCUT2D eigenvalue weighted by molar-refractivity contribution is 7.14. The van der Waals surface area contributed by atoms with Gasteiger partial charge in [-0.2, -0.15) is 0 Å². The molecule has 0 aliphatic rings. The van der Waals surface area contributed by atoms with E-state index in [2.05, 4.69) is 32.7 Å². The molecule has 124 valence electrons. The Morgan fingerprint density at radius 3 is 2.72 bits per heavy atom. The molecule has 2 aromatic heterocycles. The molecule has 0 amide bonds. The highest BCUT2D eigenvalue weighted by Crippen LogP contribution is 2.27. The number of aromatic nitrogens is 2. The number of rotatable bonds is 4. The number of hydrogen-bond donors (Lipinski definition) is 4. The number of nitrogens with zero attached hydrogens (tertiary/aromatic N) is 1. The summed E-state index contributed by atoms with van der Waals surface area (Å²) in [6, 6.07) is 20.3. The van der Waals surface area contributed by atoms with Crippen molar-refractivity contribution in [1.82, 2.24) is 15.3 Å². The third-order valence-corrected chi connectivity index (χ3v) is 4.61. The lowest BCUT2D eigenvalue weighted by Crippen LogP contribution is -2.28. The first-order valence-corrected chi connectivity index (χ1v) is 8.83. The van der Waals surface area contributed by atoms with Crippen LogP contribution in [0, 0.1) is 5.41 Å². The number of guanidine groups is 1. The number of hydrogen-bond acceptors (Lipinski definition) is 3. The Hall–Kier alpha value is -3.12. The van der Waals surface area contributed by atoms with Crippen LogP contribution in [0.25, 0.3) is 22.3 Å². The minimum Gasteiger partial charge on any atom is -0.353 e. The molecule has 6 heteroatoms. The zero-order chi connectivity index (χ0) is 17.1. The van der Waals surface area contributed by atoms with Gasteiger partial charge in [-0.1, -0.05) is 48.5 Å². The van der Waals surface area contributed by atoms with Crippen LogP contribution < -0.4 is 10.6 Å². The Labute approximate surface area is 149 Å². The number of anilines is 1. The van der Waals surface area contributed by atoms with E-state index < -0.39 is 0 Å². The maximum atomic E-state index is 8.01. The second-order valence-corrected chi connectivity index (χ2v) is 6.51. The summed E-state index contributed by atoms with van der Waals surface area (Å²) >= 11 is 1.48. The van der Waals surface area contributed by atoms with Crippen molar-refractivity contribution in [3.05, 3.63) is 71.6 Å². The van der Waals surface area contributed by atoms with Gasteiger partial charge in [-0.05, 0) is 17.7 Å². The van der Waals surface area contributed by atoms with E-state index in [-0.39, 0.29) is 5.96 Å². The summed E-state index contributed by atoms with van der Waals surface area (Å²) in [6.07, 6.45) is 0. The molecule has 4 aromatic rings. The van der Waals surface area contributed by atoms with Gasteiger partial charge in [-0.3, -0.25) is 5.41 Å². The number of fused-ring (bicyclic) bond motifs is 1. The first-order valence-electron chi connectivity index (χ1n) is 7.95. The van der Waals surface area contributed by atoms with Gasteiger partial charge in [0.15, 0.2) is 11.1 Å². The van der Waals surface area contributed by atoms with Crippen molar-refractivity contribution >= 4 is 33.3 Å². The molecule has 25 heavy (non-hydrogen) atoms. The van der Waals surface area contributed by atoms with Crippen molar-refractivity contribution < 1.29 is 0 Å². The van der Waals surface area contributed by atoms with E-state index in [1.807, 2.05) is 53.9 Å². The number of nitrogens with one attached hydrogen (secondary N) is 4. The molecule has 0 radical (unpaired) electrons. The molecule has 0 saturated heterocycles. The molecule has 0 bridgehead atoms. The van der Waals surface area contributed by atoms with E-state index in [0.29, 0.717) is 11.7 Å². The average Bonchev–Trinajstić information content (AvgIpc) is 3.27. The summed E-state index contributed by atoms with van der Waals surface area (Å²) in [5.74, 6) is 0.237. The molecule has 0 aliphatic carbocycles. The van der Waals surface area contributed by atoms with Crippen molar-refractivity contribution in [1.29, 1.82) is 5.41 Å². The second-order valence-electron chi connectivity index (χ2n) is 5.65. The van der Waals surface area contributed by atoms with Crippen molar-refractivity contribution in [3.8, 4) is 11.4 Å². The van der Waals surface area contributed by atoms with Crippen LogP contribution in [-0.2, 0) is 6.54 Å². The summed E-state index contributed by atoms with van der Waals surface area (Å²) in [5, 5.41) is 17.9. The maximum Gasteiger partial charge on any atom is 0.195 e. The number of para-hydroxylation sites is 1. The minimum atomic E-state index is 0.237. The predicted octanol–water partition coefficient (Wildman–Crippen LogP) is 4.43. The lowest BCUT2D eigenvalue weighted by molar-refractivity contribution is 0.904. The predicted molar refractivity (Wildman–Crippen MR) is 104 cm³/mol. The van der Waals surface area contributed by atoms with Gasteiger partial charge in [0.25, 0.3) is 0 Å². The Morgan fingerprint density at radius 2 is 1.88 bits per heavy atom. The Balaban J connectivity index is 1.41. The van der Waals surface area contributed by atoms with Crippen molar-refractivity contribution in [2.24, 2.45) is 0 Å². The number of aromatic amines is 1. The smallest absolute Gasteiger partial charge is 0.195 e. The largest absolute Gasteiger partial charge is 0.353 e. The van der Waals surface area contributed by atoms with Gasteiger partial charge in [0, 0.05) is 22.8 Å². The van der Waals surface area contributed by atoms with Crippen LogP contribution in [0.3, 0.4) is 0 Å². The topological polar surface area (TPSA) is 76.6 Å². The van der Waals surface area contributed by atoms with E-state index in [9.17, 15) is 0 Å². The number of thiazole rings is 1. The number of H-pyrrole nitrogens is 1. The van der Waals surface area contributed by atoms with Gasteiger partial charge < -0.3 is 15.6 Å². The molecular formula is C19H17N5S. The van der Waals surface area contributed by atoms with Crippen molar-refractivity contribution in [3.63, 3.8) is 0 Å². The highest BCUT2D eigenvalue weighted by atomic mass is 32.1. The first kappa shape index (κ1) is 15.4. The Morgan fingerprint density at radius 1 is 1.08 bits per heavy atom. The minimum absolute atomic E-state index is 0.237. The van der Waals surface area contributed by atoms with Gasteiger partial charge in [0.05, 0.1) is 11.4 Å². The molecular weight excluding hydrogens is 330 g/mol. The quantitative estimate of drug-likeness (QED) is 0.326. The van der Waals surface area contributed by atoms with Crippen LogP contribution in [0.5, 0.6) is 0 Å². The third-order valence-electron chi connectivity index (χ3n) is 3.85. The summed E-state index contributed by atoms with van der Waals surface area (Å²) in [6.45, 7) is 0.604. The Bertz CT molecular complexity index is 970. The molecule has 0 aliphatic heterocycles. The normalized spacial score (nSPS) is 10.7. The monoisotopic (exact) mass is 347 g/mol. The Kier molecular flexibility index (Phi) is 4.18. The van der Waals surface area contributed by atoms with Crippen LogP contribution in [0.2, 0.25) is 0 Å². The maximum absolute atomic E-state index is 8.01. The van der Waals surface area contributed by atoms with Gasteiger partial charge >= 0.3 is 0 Å². The molecule has 5 nitrogen and oxygen atoms in total. The van der Waals surface area contributed by atoms with Gasteiger partial charge in [0.2, 0.25) is 0 Å². The first-order chi connectivity index (χ1) is 12.3. The molecule has 0 spiro atoms. The van der Waals surface area contributed by atoms with E-state index in [1.165, 1.54) is 11.3 Å². The average molecular weight is 347 g/mol. The molecule has 2 aromatic carbocycles. The summed E-state index contributed by atoms with van der Waals surface area (Å²) in [5.41, 5.74) is 4.08. The molecule has 2 heterocycles. The van der Waals surface area contributed by atoms with Crippen LogP contribution in [-0.4, -0.2) is 15.9 Å².